The molecule has 0 bridgehead atoms. The van der Waals surface area contributed by atoms with Gasteiger partial charge in [-0.15, -0.1) is 0 Å². The summed E-state index contributed by atoms with van der Waals surface area (Å²) in [5.41, 5.74) is 10.5. The number of ether oxygens (including phenoxy) is 1. The number of anilines is 1. The maximum absolute atomic E-state index is 5.94. The summed E-state index contributed by atoms with van der Waals surface area (Å²) >= 11 is 5.94. The standard InChI is InChI=1S/C30H32N4OS/c1-18-15-19(2)28(20(3)16-18)33-21(4)17-23(22(33)5)29-27(24-11-9-10-14-31-24)32-30(36)34(29)25-12-7-8-13-26(25)35-6/h7-17,27,29H,1-6H3,(H,32,36)/t27-,29+/m0/s1. The minimum atomic E-state index is -0.113. The van der Waals surface area contributed by atoms with Crippen LogP contribution in [0.15, 0.2) is 66.9 Å². The highest BCUT2D eigenvalue weighted by molar-refractivity contribution is 7.80. The minimum Gasteiger partial charge on any atom is -0.495 e. The summed E-state index contributed by atoms with van der Waals surface area (Å²) in [5.74, 6) is 0.785. The van der Waals surface area contributed by atoms with Crippen LogP contribution in [0.4, 0.5) is 5.69 Å². The summed E-state index contributed by atoms with van der Waals surface area (Å²) in [6.45, 7) is 10.9. The quantitative estimate of drug-likeness (QED) is 0.315. The van der Waals surface area contributed by atoms with Gasteiger partial charge in [0.05, 0.1) is 36.3 Å². The van der Waals surface area contributed by atoms with Gasteiger partial charge in [-0.3, -0.25) is 4.98 Å². The molecule has 1 N–H and O–H groups in total. The van der Waals surface area contributed by atoms with E-state index in [-0.39, 0.29) is 12.1 Å². The number of hydrogen-bond acceptors (Lipinski definition) is 3. The lowest BCUT2D eigenvalue weighted by Crippen LogP contribution is -2.30. The third-order valence-electron chi connectivity index (χ3n) is 7.09. The van der Waals surface area contributed by atoms with Crippen molar-refractivity contribution in [1.82, 2.24) is 14.9 Å². The van der Waals surface area contributed by atoms with Crippen molar-refractivity contribution in [3.05, 3.63) is 106 Å². The number of aromatic nitrogens is 2. The summed E-state index contributed by atoms with van der Waals surface area (Å²) in [6.07, 6.45) is 1.84. The first-order chi connectivity index (χ1) is 17.3. The van der Waals surface area contributed by atoms with E-state index in [2.05, 4.69) is 79.7 Å². The van der Waals surface area contributed by atoms with E-state index in [1.165, 1.54) is 39.3 Å². The van der Waals surface area contributed by atoms with E-state index in [0.717, 1.165) is 17.1 Å². The first-order valence-corrected chi connectivity index (χ1v) is 12.6. The fraction of sp³-hybridized carbons (Fsp3) is 0.267. The summed E-state index contributed by atoms with van der Waals surface area (Å²) in [7, 11) is 1.70. The van der Waals surface area contributed by atoms with Crippen LogP contribution >= 0.6 is 12.2 Å². The van der Waals surface area contributed by atoms with E-state index in [1.807, 2.05) is 36.5 Å². The lowest BCUT2D eigenvalue weighted by molar-refractivity contribution is 0.414. The summed E-state index contributed by atoms with van der Waals surface area (Å²) in [5, 5.41) is 4.23. The SMILES string of the molecule is COc1ccccc1N1C(=S)N[C@@H](c2ccccn2)[C@H]1c1cc(C)n(-c2c(C)cc(C)cc2C)c1C. The fourth-order valence-electron chi connectivity index (χ4n) is 5.72. The van der Waals surface area contributed by atoms with E-state index < -0.39 is 0 Å². The van der Waals surface area contributed by atoms with Crippen LogP contribution in [0.3, 0.4) is 0 Å². The molecule has 1 saturated heterocycles. The molecule has 0 spiro atoms. The monoisotopic (exact) mass is 496 g/mol. The number of benzene rings is 2. The topological polar surface area (TPSA) is 42.3 Å². The van der Waals surface area contributed by atoms with Gasteiger partial charge in [0.2, 0.25) is 0 Å². The molecule has 0 amide bonds. The van der Waals surface area contributed by atoms with Gasteiger partial charge >= 0.3 is 0 Å². The van der Waals surface area contributed by atoms with Crippen LogP contribution in [-0.4, -0.2) is 21.8 Å². The van der Waals surface area contributed by atoms with Gasteiger partial charge in [-0.05, 0) is 93.9 Å². The van der Waals surface area contributed by atoms with Crippen molar-refractivity contribution in [3.63, 3.8) is 0 Å². The number of pyridine rings is 1. The van der Waals surface area contributed by atoms with Gasteiger partial charge < -0.3 is 19.5 Å². The predicted molar refractivity (Wildman–Crippen MR) is 150 cm³/mol. The molecule has 4 aromatic rings. The largest absolute Gasteiger partial charge is 0.495 e. The van der Waals surface area contributed by atoms with E-state index in [1.54, 1.807) is 7.11 Å². The molecule has 1 aliphatic rings. The Morgan fingerprint density at radius 2 is 1.61 bits per heavy atom. The molecule has 5 nitrogen and oxygen atoms in total. The van der Waals surface area contributed by atoms with Crippen LogP contribution < -0.4 is 15.0 Å². The second kappa shape index (κ2) is 9.43. The van der Waals surface area contributed by atoms with E-state index in [4.69, 9.17) is 21.9 Å². The van der Waals surface area contributed by atoms with Crippen LogP contribution in [0, 0.1) is 34.6 Å². The Balaban J connectivity index is 1.73. The molecule has 0 radical (unpaired) electrons. The maximum Gasteiger partial charge on any atom is 0.174 e. The zero-order valence-electron chi connectivity index (χ0n) is 21.7. The van der Waals surface area contributed by atoms with Gasteiger partial charge in [0.25, 0.3) is 0 Å². The number of aryl methyl sites for hydroxylation is 4. The molecule has 2 aromatic carbocycles. The molecule has 2 atom stereocenters. The zero-order valence-corrected chi connectivity index (χ0v) is 22.5. The molecule has 0 unspecified atom stereocenters. The van der Waals surface area contributed by atoms with Crippen molar-refractivity contribution in [2.24, 2.45) is 0 Å². The number of hydrogen-bond donors (Lipinski definition) is 1. The van der Waals surface area contributed by atoms with Crippen LogP contribution in [0.5, 0.6) is 5.75 Å². The molecule has 0 saturated carbocycles. The van der Waals surface area contributed by atoms with E-state index in [0.29, 0.717) is 5.11 Å². The Morgan fingerprint density at radius 3 is 2.28 bits per heavy atom. The Labute approximate surface area is 218 Å². The first kappa shape index (κ1) is 24.1. The lowest BCUT2D eigenvalue weighted by Gasteiger charge is -2.29. The van der Waals surface area contributed by atoms with Gasteiger partial charge in [0, 0.05) is 17.6 Å². The first-order valence-electron chi connectivity index (χ1n) is 12.2. The molecule has 5 rings (SSSR count). The molecule has 2 aromatic heterocycles. The number of rotatable bonds is 5. The molecular weight excluding hydrogens is 464 g/mol. The highest BCUT2D eigenvalue weighted by atomic mass is 32.1. The Bertz CT molecular complexity index is 1420. The van der Waals surface area contributed by atoms with Crippen molar-refractivity contribution in [3.8, 4) is 11.4 Å². The van der Waals surface area contributed by atoms with Gasteiger partial charge in [-0.1, -0.05) is 35.9 Å². The normalized spacial score (nSPS) is 17.4. The smallest absolute Gasteiger partial charge is 0.174 e. The molecule has 1 aliphatic heterocycles. The molecule has 3 heterocycles. The van der Waals surface area contributed by atoms with Crippen LogP contribution in [0.2, 0.25) is 0 Å². The van der Waals surface area contributed by atoms with Crippen molar-refractivity contribution in [2.45, 2.75) is 46.7 Å². The zero-order chi connectivity index (χ0) is 25.6. The fourth-order valence-corrected chi connectivity index (χ4v) is 6.05. The Morgan fingerprint density at radius 1 is 0.917 bits per heavy atom. The van der Waals surface area contributed by atoms with Crippen molar-refractivity contribution < 1.29 is 4.74 Å². The van der Waals surface area contributed by atoms with Crippen LogP contribution in [0.25, 0.3) is 5.69 Å². The third-order valence-corrected chi connectivity index (χ3v) is 7.41. The highest BCUT2D eigenvalue weighted by Gasteiger charge is 2.43. The van der Waals surface area contributed by atoms with E-state index >= 15 is 0 Å². The lowest BCUT2D eigenvalue weighted by atomic mass is 9.96. The van der Waals surface area contributed by atoms with Crippen molar-refractivity contribution in [2.75, 3.05) is 12.0 Å². The number of methoxy groups -OCH3 is 1. The molecular formula is C30H32N4OS. The molecule has 0 aliphatic carbocycles. The summed E-state index contributed by atoms with van der Waals surface area (Å²) in [4.78, 5) is 6.90. The van der Waals surface area contributed by atoms with Gasteiger partial charge in [-0.25, -0.2) is 0 Å². The Hall–Kier alpha value is -3.64. The average molecular weight is 497 g/mol. The summed E-state index contributed by atoms with van der Waals surface area (Å²) < 4.78 is 8.14. The maximum atomic E-state index is 5.94. The van der Waals surface area contributed by atoms with Gasteiger partial charge in [0.15, 0.2) is 5.11 Å². The predicted octanol–water partition coefficient (Wildman–Crippen LogP) is 6.60. The average Bonchev–Trinajstić information content (AvgIpc) is 3.34. The molecule has 6 heteroatoms. The molecule has 1 fully saturated rings. The number of nitrogens with zero attached hydrogens (tertiary/aromatic N) is 3. The second-order valence-electron chi connectivity index (χ2n) is 9.58. The minimum absolute atomic E-state index is 0.102. The summed E-state index contributed by atoms with van der Waals surface area (Å²) in [6, 6.07) is 20.7. The number of thiocarbonyl (C=S) groups is 1. The van der Waals surface area contributed by atoms with Crippen molar-refractivity contribution in [1.29, 1.82) is 0 Å². The third kappa shape index (κ3) is 3.95. The molecule has 184 valence electrons. The van der Waals surface area contributed by atoms with Gasteiger partial charge in [0.1, 0.15) is 5.75 Å². The Kier molecular flexibility index (Phi) is 6.31. The van der Waals surface area contributed by atoms with Crippen molar-refractivity contribution >= 4 is 23.0 Å². The van der Waals surface area contributed by atoms with Gasteiger partial charge in [-0.2, -0.15) is 0 Å². The van der Waals surface area contributed by atoms with Crippen LogP contribution in [-0.2, 0) is 0 Å². The molecule has 36 heavy (non-hydrogen) atoms. The second-order valence-corrected chi connectivity index (χ2v) is 9.96. The highest BCUT2D eigenvalue weighted by Crippen LogP contribution is 2.46. The van der Waals surface area contributed by atoms with E-state index in [9.17, 15) is 0 Å². The number of para-hydroxylation sites is 2. The van der Waals surface area contributed by atoms with Crippen LogP contribution in [0.1, 0.15) is 51.4 Å². The number of nitrogens with one attached hydrogen (secondary N) is 1.